The van der Waals surface area contributed by atoms with Crippen LogP contribution in [0.5, 0.6) is 0 Å². The molecular formula is C11H8N4O. The lowest BCUT2D eigenvalue weighted by Gasteiger charge is -2.34. The summed E-state index contributed by atoms with van der Waals surface area (Å²) in [6.45, 7) is 0. The fourth-order valence-electron chi connectivity index (χ4n) is 3.38. The van der Waals surface area contributed by atoms with Crippen molar-refractivity contribution >= 4 is 11.7 Å². The van der Waals surface area contributed by atoms with E-state index in [4.69, 9.17) is 5.73 Å². The molecule has 0 aromatic heterocycles. The molecule has 16 heavy (non-hydrogen) atoms. The van der Waals surface area contributed by atoms with Crippen LogP contribution in [0.3, 0.4) is 0 Å². The van der Waals surface area contributed by atoms with Crippen molar-refractivity contribution in [1.29, 1.82) is 10.5 Å². The molecule has 4 atom stereocenters. The molecule has 0 unspecified atom stereocenters. The normalized spacial score (nSPS) is 47.4. The minimum absolute atomic E-state index is 0.0124. The van der Waals surface area contributed by atoms with E-state index in [0.29, 0.717) is 6.42 Å². The van der Waals surface area contributed by atoms with Crippen molar-refractivity contribution in [3.05, 3.63) is 12.2 Å². The van der Waals surface area contributed by atoms with Gasteiger partial charge in [0, 0.05) is 11.8 Å². The molecule has 5 heteroatoms. The predicted molar refractivity (Wildman–Crippen MR) is 53.5 cm³/mol. The number of nitrogens with two attached hydrogens (primary N) is 1. The maximum Gasteiger partial charge on any atom is 0.270 e. The summed E-state index contributed by atoms with van der Waals surface area (Å²) < 4.78 is 0. The molecule has 1 aliphatic heterocycles. The Hall–Kier alpha value is -2.14. The molecule has 0 saturated heterocycles. The van der Waals surface area contributed by atoms with E-state index < -0.39 is 16.7 Å². The number of amides is 1. The number of hydrogen-bond acceptors (Lipinski definition) is 4. The van der Waals surface area contributed by atoms with Gasteiger partial charge in [-0.2, -0.15) is 15.5 Å². The summed E-state index contributed by atoms with van der Waals surface area (Å²) in [5.41, 5.74) is 3.13. The highest BCUT2D eigenvalue weighted by Gasteiger charge is 2.76. The number of hydrogen-bond donors (Lipinski definition) is 1. The Labute approximate surface area is 91.9 Å². The standard InChI is InChI=1S/C11H8N4O/c12-4-10-6-1-2-7(3-6)11(10,5-13)9(16)15-8(10)14/h1-2,6-7H,3H2,(H2,14,15,16)/t6-,7-,10-,11+/m0/s1. The summed E-state index contributed by atoms with van der Waals surface area (Å²) in [6, 6.07) is 4.12. The first kappa shape index (κ1) is 9.11. The number of rotatable bonds is 0. The van der Waals surface area contributed by atoms with Gasteiger partial charge in [-0.15, -0.1) is 0 Å². The Morgan fingerprint density at radius 3 is 2.38 bits per heavy atom. The van der Waals surface area contributed by atoms with Gasteiger partial charge in [-0.1, -0.05) is 12.2 Å². The smallest absolute Gasteiger partial charge is 0.270 e. The van der Waals surface area contributed by atoms with Crippen molar-refractivity contribution in [2.24, 2.45) is 33.4 Å². The van der Waals surface area contributed by atoms with Crippen LogP contribution >= 0.6 is 0 Å². The van der Waals surface area contributed by atoms with E-state index in [-0.39, 0.29) is 17.7 Å². The van der Waals surface area contributed by atoms with Gasteiger partial charge >= 0.3 is 0 Å². The topological polar surface area (TPSA) is 103 Å². The van der Waals surface area contributed by atoms with Crippen LogP contribution in [-0.4, -0.2) is 11.7 Å². The Morgan fingerprint density at radius 1 is 1.31 bits per heavy atom. The van der Waals surface area contributed by atoms with Crippen molar-refractivity contribution in [2.45, 2.75) is 6.42 Å². The number of fused-ring (bicyclic) bond motifs is 5. The molecule has 1 heterocycles. The third kappa shape index (κ3) is 0.563. The molecule has 0 aromatic rings. The van der Waals surface area contributed by atoms with E-state index in [9.17, 15) is 15.3 Å². The van der Waals surface area contributed by atoms with Crippen molar-refractivity contribution in [3.63, 3.8) is 0 Å². The zero-order valence-corrected chi connectivity index (χ0v) is 8.34. The van der Waals surface area contributed by atoms with Gasteiger partial charge in [0.15, 0.2) is 5.41 Å². The molecule has 0 spiro atoms. The Morgan fingerprint density at radius 2 is 1.88 bits per heavy atom. The largest absolute Gasteiger partial charge is 0.386 e. The molecule has 1 fully saturated rings. The lowest BCUT2D eigenvalue weighted by atomic mass is 9.60. The van der Waals surface area contributed by atoms with Crippen LogP contribution in [0.15, 0.2) is 17.1 Å². The van der Waals surface area contributed by atoms with Gasteiger partial charge in [0.2, 0.25) is 0 Å². The van der Waals surface area contributed by atoms with E-state index in [1.807, 2.05) is 18.2 Å². The van der Waals surface area contributed by atoms with Crippen LogP contribution in [-0.2, 0) is 4.79 Å². The van der Waals surface area contributed by atoms with Crippen LogP contribution in [0, 0.1) is 45.3 Å². The molecular weight excluding hydrogens is 204 g/mol. The molecule has 5 nitrogen and oxygen atoms in total. The minimum Gasteiger partial charge on any atom is -0.386 e. The molecule has 2 bridgehead atoms. The van der Waals surface area contributed by atoms with Gasteiger partial charge in [-0.25, -0.2) is 0 Å². The van der Waals surface area contributed by atoms with Gasteiger partial charge in [-0.05, 0) is 6.42 Å². The minimum atomic E-state index is -1.37. The summed E-state index contributed by atoms with van der Waals surface area (Å²) in [6.07, 6.45) is 4.36. The summed E-state index contributed by atoms with van der Waals surface area (Å²) in [4.78, 5) is 15.6. The second kappa shape index (κ2) is 2.33. The van der Waals surface area contributed by atoms with Crippen LogP contribution in [0.4, 0.5) is 0 Å². The summed E-state index contributed by atoms with van der Waals surface area (Å²) in [5, 5.41) is 18.7. The van der Waals surface area contributed by atoms with Crippen molar-refractivity contribution in [1.82, 2.24) is 0 Å². The molecule has 2 N–H and O–H groups in total. The van der Waals surface area contributed by atoms with E-state index in [1.54, 1.807) is 0 Å². The lowest BCUT2D eigenvalue weighted by molar-refractivity contribution is -0.126. The zero-order chi connectivity index (χ0) is 11.6. The third-order valence-corrected chi connectivity index (χ3v) is 4.13. The van der Waals surface area contributed by atoms with Crippen LogP contribution in [0.2, 0.25) is 0 Å². The molecule has 3 aliphatic rings. The number of aliphatic imine (C=N–C) groups is 1. The first-order valence-corrected chi connectivity index (χ1v) is 5.03. The predicted octanol–water partition coefficient (Wildman–Crippen LogP) is 0.110. The van der Waals surface area contributed by atoms with Gasteiger partial charge in [0.05, 0.1) is 12.1 Å². The van der Waals surface area contributed by atoms with Crippen LogP contribution in [0.1, 0.15) is 6.42 Å². The number of allylic oxidation sites excluding steroid dienone is 2. The van der Waals surface area contributed by atoms with Gasteiger partial charge in [0.25, 0.3) is 5.91 Å². The number of nitriles is 2. The molecule has 1 amide bonds. The average Bonchev–Trinajstić information content (AvgIpc) is 2.89. The van der Waals surface area contributed by atoms with Crippen molar-refractivity contribution in [2.75, 3.05) is 0 Å². The Balaban J connectivity index is 2.37. The molecule has 78 valence electrons. The molecule has 2 aliphatic carbocycles. The molecule has 0 aromatic carbocycles. The van der Waals surface area contributed by atoms with E-state index in [1.165, 1.54) is 0 Å². The fourth-order valence-corrected chi connectivity index (χ4v) is 3.38. The van der Waals surface area contributed by atoms with E-state index in [0.717, 1.165) is 0 Å². The Kier molecular flexibility index (Phi) is 1.33. The summed E-state index contributed by atoms with van der Waals surface area (Å²) in [5.74, 6) is -0.916. The average molecular weight is 212 g/mol. The highest BCUT2D eigenvalue weighted by Crippen LogP contribution is 2.66. The van der Waals surface area contributed by atoms with Gasteiger partial charge in [0.1, 0.15) is 11.3 Å². The SMILES string of the molecule is N#C[C@@]12C(=O)N=C(N)[C@]1(C#N)[C@H]1C=C[C@H]2C1. The fraction of sp³-hybridized carbons (Fsp3) is 0.455. The molecule has 0 radical (unpaired) electrons. The maximum absolute atomic E-state index is 11.9. The quantitative estimate of drug-likeness (QED) is 0.575. The third-order valence-electron chi connectivity index (χ3n) is 4.13. The van der Waals surface area contributed by atoms with Crippen molar-refractivity contribution in [3.8, 4) is 12.1 Å². The summed E-state index contributed by atoms with van der Waals surface area (Å²) in [7, 11) is 0. The van der Waals surface area contributed by atoms with Crippen LogP contribution < -0.4 is 5.73 Å². The van der Waals surface area contributed by atoms with Gasteiger partial charge in [-0.3, -0.25) is 4.79 Å². The second-order valence-corrected chi connectivity index (χ2v) is 4.48. The lowest BCUT2D eigenvalue weighted by Crippen LogP contribution is -2.50. The maximum atomic E-state index is 11.9. The number of carbonyl (C=O) groups excluding carboxylic acids is 1. The second-order valence-electron chi connectivity index (χ2n) is 4.48. The molecule has 3 rings (SSSR count). The first-order valence-electron chi connectivity index (χ1n) is 5.03. The highest BCUT2D eigenvalue weighted by atomic mass is 16.2. The number of carbonyl (C=O) groups is 1. The first-order chi connectivity index (χ1) is 7.63. The van der Waals surface area contributed by atoms with E-state index >= 15 is 0 Å². The number of amidine groups is 1. The zero-order valence-electron chi connectivity index (χ0n) is 8.34. The van der Waals surface area contributed by atoms with E-state index in [2.05, 4.69) is 11.1 Å². The monoisotopic (exact) mass is 212 g/mol. The molecule has 1 saturated carbocycles. The van der Waals surface area contributed by atoms with Crippen molar-refractivity contribution < 1.29 is 4.79 Å². The Bertz CT molecular complexity index is 549. The summed E-state index contributed by atoms with van der Waals surface area (Å²) >= 11 is 0. The number of nitrogens with zero attached hydrogens (tertiary/aromatic N) is 3. The van der Waals surface area contributed by atoms with Gasteiger partial charge < -0.3 is 5.73 Å². The highest BCUT2D eigenvalue weighted by molar-refractivity contribution is 6.12. The van der Waals surface area contributed by atoms with Crippen LogP contribution in [0.25, 0.3) is 0 Å².